The summed E-state index contributed by atoms with van der Waals surface area (Å²) in [6.45, 7) is 10.1. The Bertz CT molecular complexity index is 994. The molecule has 0 radical (unpaired) electrons. The lowest BCUT2D eigenvalue weighted by Crippen LogP contribution is -2.15. The van der Waals surface area contributed by atoms with E-state index in [2.05, 4.69) is 54.5 Å². The molecule has 0 atom stereocenters. The maximum atomic E-state index is 12.4. The number of carbonyl (C=O) groups is 1. The number of anilines is 1. The van der Waals surface area contributed by atoms with E-state index in [1.807, 2.05) is 36.6 Å². The maximum Gasteiger partial charge on any atom is 0.234 e. The van der Waals surface area contributed by atoms with Crippen LogP contribution in [-0.2, 0) is 4.79 Å². The zero-order chi connectivity index (χ0) is 19.6. The van der Waals surface area contributed by atoms with Crippen LogP contribution in [0.15, 0.2) is 41.6 Å². The Morgan fingerprint density at radius 1 is 0.963 bits per heavy atom. The van der Waals surface area contributed by atoms with Crippen molar-refractivity contribution in [1.29, 1.82) is 0 Å². The van der Waals surface area contributed by atoms with Gasteiger partial charge in [-0.1, -0.05) is 30.0 Å². The average Bonchev–Trinajstić information content (AvgIpc) is 2.99. The number of hydrogen-bond acceptors (Lipinski definition) is 4. The number of carbonyl (C=O) groups excluding carboxylic acids is 1. The molecule has 0 unspecified atom stereocenters. The molecule has 0 bridgehead atoms. The molecule has 0 saturated heterocycles. The molecule has 5 nitrogen and oxygen atoms in total. The molecule has 6 heteroatoms. The first-order valence-corrected chi connectivity index (χ1v) is 9.83. The van der Waals surface area contributed by atoms with E-state index in [0.29, 0.717) is 0 Å². The summed E-state index contributed by atoms with van der Waals surface area (Å²) < 4.78 is 2.01. The summed E-state index contributed by atoms with van der Waals surface area (Å²) in [7, 11) is 0. The normalized spacial score (nSPS) is 10.9. The van der Waals surface area contributed by atoms with Gasteiger partial charge >= 0.3 is 0 Å². The van der Waals surface area contributed by atoms with Crippen LogP contribution in [0.4, 0.5) is 5.69 Å². The summed E-state index contributed by atoms with van der Waals surface area (Å²) in [5.41, 5.74) is 6.55. The Morgan fingerprint density at radius 3 is 2.44 bits per heavy atom. The fraction of sp³-hybridized carbons (Fsp3) is 0.286. The van der Waals surface area contributed by atoms with E-state index in [1.165, 1.54) is 22.9 Å². The van der Waals surface area contributed by atoms with Crippen molar-refractivity contribution in [3.63, 3.8) is 0 Å². The number of benzene rings is 2. The molecule has 1 N–H and O–H groups in total. The minimum absolute atomic E-state index is 0.0589. The van der Waals surface area contributed by atoms with Crippen LogP contribution in [0.25, 0.3) is 5.69 Å². The monoisotopic (exact) mass is 380 g/mol. The summed E-state index contributed by atoms with van der Waals surface area (Å²) in [6.07, 6.45) is 0. The molecular formula is C21H24N4OS. The van der Waals surface area contributed by atoms with Gasteiger partial charge in [0.15, 0.2) is 5.16 Å². The zero-order valence-electron chi connectivity index (χ0n) is 16.3. The molecule has 140 valence electrons. The number of nitrogens with one attached hydrogen (secondary N) is 1. The summed E-state index contributed by atoms with van der Waals surface area (Å²) in [5, 5.41) is 12.1. The molecule has 0 aliphatic rings. The lowest BCUT2D eigenvalue weighted by molar-refractivity contribution is -0.113. The Balaban J connectivity index is 1.74. The first-order valence-electron chi connectivity index (χ1n) is 8.84. The van der Waals surface area contributed by atoms with Crippen LogP contribution in [0.1, 0.15) is 28.1 Å². The summed E-state index contributed by atoms with van der Waals surface area (Å²) in [4.78, 5) is 12.4. The largest absolute Gasteiger partial charge is 0.325 e. The minimum Gasteiger partial charge on any atom is -0.325 e. The van der Waals surface area contributed by atoms with Gasteiger partial charge in [-0.2, -0.15) is 0 Å². The van der Waals surface area contributed by atoms with Gasteiger partial charge in [0.2, 0.25) is 5.91 Å². The van der Waals surface area contributed by atoms with Gasteiger partial charge in [-0.25, -0.2) is 0 Å². The number of rotatable bonds is 5. The van der Waals surface area contributed by atoms with Gasteiger partial charge in [-0.3, -0.25) is 9.36 Å². The highest BCUT2D eigenvalue weighted by Crippen LogP contribution is 2.25. The smallest absolute Gasteiger partial charge is 0.234 e. The number of thioether (sulfide) groups is 1. The molecule has 0 aliphatic carbocycles. The van der Waals surface area contributed by atoms with Crippen molar-refractivity contribution in [2.45, 2.75) is 39.8 Å². The van der Waals surface area contributed by atoms with E-state index in [-0.39, 0.29) is 11.7 Å². The van der Waals surface area contributed by atoms with Crippen LogP contribution in [0.2, 0.25) is 0 Å². The third-order valence-corrected chi connectivity index (χ3v) is 5.45. The minimum atomic E-state index is -0.0589. The highest BCUT2D eigenvalue weighted by Gasteiger charge is 2.15. The van der Waals surface area contributed by atoms with E-state index in [1.54, 1.807) is 0 Å². The maximum absolute atomic E-state index is 12.4. The van der Waals surface area contributed by atoms with Gasteiger partial charge in [0.05, 0.1) is 11.4 Å². The van der Waals surface area contributed by atoms with E-state index >= 15 is 0 Å². The second-order valence-electron chi connectivity index (χ2n) is 6.79. The fourth-order valence-electron chi connectivity index (χ4n) is 2.82. The number of nitrogens with zero attached hydrogens (tertiary/aromatic N) is 3. The Morgan fingerprint density at radius 2 is 1.70 bits per heavy atom. The number of aromatic nitrogens is 3. The first kappa shape index (κ1) is 19.2. The number of amides is 1. The standard InChI is InChI=1S/C21H24N4OS/c1-13-6-7-15(3)19(10-13)25-17(5)23-24-21(25)27-12-20(26)22-18-9-8-14(2)16(4)11-18/h6-11H,12H2,1-5H3,(H,22,26). The molecule has 3 rings (SSSR count). The van der Waals surface area contributed by atoms with E-state index in [4.69, 9.17) is 0 Å². The van der Waals surface area contributed by atoms with Crippen molar-refractivity contribution in [3.05, 3.63) is 64.5 Å². The molecule has 0 aliphatic heterocycles. The predicted molar refractivity (Wildman–Crippen MR) is 111 cm³/mol. The molecule has 0 spiro atoms. The van der Waals surface area contributed by atoms with Gasteiger partial charge in [0.1, 0.15) is 5.82 Å². The SMILES string of the molecule is Cc1ccc(C)c(-n2c(C)nnc2SCC(=O)Nc2ccc(C)c(C)c2)c1. The van der Waals surface area contributed by atoms with Gasteiger partial charge in [-0.15, -0.1) is 10.2 Å². The zero-order valence-corrected chi connectivity index (χ0v) is 17.1. The van der Waals surface area contributed by atoms with Crippen molar-refractivity contribution >= 4 is 23.4 Å². The van der Waals surface area contributed by atoms with E-state index < -0.39 is 0 Å². The van der Waals surface area contributed by atoms with Crippen molar-refractivity contribution in [3.8, 4) is 5.69 Å². The summed E-state index contributed by atoms with van der Waals surface area (Å²) in [5.74, 6) is 1.02. The molecule has 2 aromatic carbocycles. The van der Waals surface area contributed by atoms with Gasteiger partial charge in [0, 0.05) is 5.69 Å². The van der Waals surface area contributed by atoms with Crippen LogP contribution in [0, 0.1) is 34.6 Å². The fourth-order valence-corrected chi connectivity index (χ4v) is 3.61. The topological polar surface area (TPSA) is 59.8 Å². The second kappa shape index (κ2) is 7.96. The van der Waals surface area contributed by atoms with E-state index in [0.717, 1.165) is 33.5 Å². The van der Waals surface area contributed by atoms with Crippen LogP contribution in [0.3, 0.4) is 0 Å². The highest BCUT2D eigenvalue weighted by molar-refractivity contribution is 7.99. The third-order valence-electron chi connectivity index (χ3n) is 4.52. The Kier molecular flexibility index (Phi) is 5.65. The van der Waals surface area contributed by atoms with Crippen LogP contribution >= 0.6 is 11.8 Å². The summed E-state index contributed by atoms with van der Waals surface area (Å²) >= 11 is 1.39. The second-order valence-corrected chi connectivity index (χ2v) is 7.73. The van der Waals surface area contributed by atoms with Crippen molar-refractivity contribution in [2.75, 3.05) is 11.1 Å². The first-order chi connectivity index (χ1) is 12.8. The van der Waals surface area contributed by atoms with Gasteiger partial charge in [0.25, 0.3) is 0 Å². The molecular weight excluding hydrogens is 356 g/mol. The van der Waals surface area contributed by atoms with Crippen LogP contribution in [0.5, 0.6) is 0 Å². The third kappa shape index (κ3) is 4.39. The molecule has 1 amide bonds. The quantitative estimate of drug-likeness (QED) is 0.660. The molecule has 27 heavy (non-hydrogen) atoms. The average molecular weight is 381 g/mol. The number of hydrogen-bond donors (Lipinski definition) is 1. The van der Waals surface area contributed by atoms with Crippen LogP contribution < -0.4 is 5.32 Å². The molecule has 0 saturated carbocycles. The predicted octanol–water partition coefficient (Wildman–Crippen LogP) is 4.54. The molecule has 0 fully saturated rings. The Labute approximate surface area is 164 Å². The lowest BCUT2D eigenvalue weighted by atomic mass is 10.1. The van der Waals surface area contributed by atoms with Crippen molar-refractivity contribution in [1.82, 2.24) is 14.8 Å². The van der Waals surface area contributed by atoms with Gasteiger partial charge in [-0.05, 0) is 75.1 Å². The van der Waals surface area contributed by atoms with E-state index in [9.17, 15) is 4.79 Å². The number of aryl methyl sites for hydroxylation is 5. The molecule has 3 aromatic rings. The highest BCUT2D eigenvalue weighted by atomic mass is 32.2. The van der Waals surface area contributed by atoms with Gasteiger partial charge < -0.3 is 5.32 Å². The van der Waals surface area contributed by atoms with Crippen molar-refractivity contribution in [2.24, 2.45) is 0 Å². The summed E-state index contributed by atoms with van der Waals surface area (Å²) in [6, 6.07) is 12.2. The van der Waals surface area contributed by atoms with Crippen LogP contribution in [-0.4, -0.2) is 26.4 Å². The Hall–Kier alpha value is -2.60. The lowest BCUT2D eigenvalue weighted by Gasteiger charge is -2.12. The molecule has 1 aromatic heterocycles. The molecule has 1 heterocycles. The van der Waals surface area contributed by atoms with Crippen molar-refractivity contribution < 1.29 is 4.79 Å².